The lowest BCUT2D eigenvalue weighted by Crippen LogP contribution is -2.14. The Balaban J connectivity index is 2.06. The van der Waals surface area contributed by atoms with Gasteiger partial charge < -0.3 is 10.5 Å². The van der Waals surface area contributed by atoms with Crippen LogP contribution in [0.15, 0.2) is 48.5 Å². The quantitative estimate of drug-likeness (QED) is 0.911. The van der Waals surface area contributed by atoms with Crippen LogP contribution in [-0.4, -0.2) is 7.11 Å². The Morgan fingerprint density at radius 1 is 0.952 bits per heavy atom. The van der Waals surface area contributed by atoms with Crippen LogP contribution in [0.4, 0.5) is 0 Å². The molecule has 0 aliphatic heterocycles. The third-order valence-corrected chi connectivity index (χ3v) is 3.82. The van der Waals surface area contributed by atoms with Crippen LogP contribution in [-0.2, 0) is 11.8 Å². The van der Waals surface area contributed by atoms with Crippen molar-refractivity contribution >= 4 is 0 Å². The second-order valence-electron chi connectivity index (χ2n) is 6.53. The number of rotatable bonds is 4. The molecule has 0 aliphatic rings. The third-order valence-electron chi connectivity index (χ3n) is 3.82. The van der Waals surface area contributed by atoms with Crippen LogP contribution < -0.4 is 10.5 Å². The van der Waals surface area contributed by atoms with Crippen molar-refractivity contribution in [1.82, 2.24) is 0 Å². The minimum Gasteiger partial charge on any atom is -0.497 e. The average Bonchev–Trinajstić information content (AvgIpc) is 2.47. The Morgan fingerprint density at radius 3 is 2.00 bits per heavy atom. The Bertz CT molecular complexity index is 564. The fourth-order valence-corrected chi connectivity index (χ4v) is 2.36. The van der Waals surface area contributed by atoms with Crippen LogP contribution in [0.3, 0.4) is 0 Å². The highest BCUT2D eigenvalue weighted by molar-refractivity contribution is 5.32. The largest absolute Gasteiger partial charge is 0.497 e. The fourth-order valence-electron chi connectivity index (χ4n) is 2.36. The predicted octanol–water partition coefficient (Wildman–Crippen LogP) is 4.24. The van der Waals surface area contributed by atoms with Crippen LogP contribution >= 0.6 is 0 Å². The highest BCUT2D eigenvalue weighted by atomic mass is 16.5. The average molecular weight is 283 g/mol. The number of hydrogen-bond donors (Lipinski definition) is 1. The lowest BCUT2D eigenvalue weighted by molar-refractivity contribution is 0.414. The van der Waals surface area contributed by atoms with Gasteiger partial charge in [-0.3, -0.25) is 0 Å². The molecule has 0 saturated carbocycles. The normalized spacial score (nSPS) is 13.0. The summed E-state index contributed by atoms with van der Waals surface area (Å²) in [7, 11) is 1.67. The lowest BCUT2D eigenvalue weighted by Gasteiger charge is -2.19. The molecule has 2 aromatic rings. The predicted molar refractivity (Wildman–Crippen MR) is 88.8 cm³/mol. The van der Waals surface area contributed by atoms with E-state index in [4.69, 9.17) is 10.5 Å². The Kier molecular flexibility index (Phi) is 4.69. The summed E-state index contributed by atoms with van der Waals surface area (Å²) < 4.78 is 5.17. The summed E-state index contributed by atoms with van der Waals surface area (Å²) >= 11 is 0. The van der Waals surface area contributed by atoms with Crippen molar-refractivity contribution in [3.05, 3.63) is 65.2 Å². The summed E-state index contributed by atoms with van der Waals surface area (Å²) in [6, 6.07) is 16.8. The van der Waals surface area contributed by atoms with Crippen molar-refractivity contribution in [2.75, 3.05) is 7.11 Å². The van der Waals surface area contributed by atoms with E-state index < -0.39 is 0 Å². The maximum Gasteiger partial charge on any atom is 0.118 e. The number of nitrogens with two attached hydrogens (primary N) is 1. The third kappa shape index (κ3) is 4.08. The summed E-state index contributed by atoms with van der Waals surface area (Å²) in [6.45, 7) is 6.68. The van der Waals surface area contributed by atoms with E-state index in [1.54, 1.807) is 7.11 Å². The molecule has 1 unspecified atom stereocenters. The molecule has 1 atom stereocenters. The molecule has 2 aromatic carbocycles. The first-order chi connectivity index (χ1) is 9.90. The zero-order valence-electron chi connectivity index (χ0n) is 13.4. The molecule has 21 heavy (non-hydrogen) atoms. The van der Waals surface area contributed by atoms with Gasteiger partial charge in [-0.25, -0.2) is 0 Å². The second-order valence-corrected chi connectivity index (χ2v) is 6.53. The van der Waals surface area contributed by atoms with Gasteiger partial charge in [0.25, 0.3) is 0 Å². The van der Waals surface area contributed by atoms with Gasteiger partial charge in [0.1, 0.15) is 5.75 Å². The van der Waals surface area contributed by atoms with Gasteiger partial charge in [0.05, 0.1) is 7.11 Å². The SMILES string of the molecule is COc1ccc(C(N)Cc2ccc(C(C)(C)C)cc2)cc1. The van der Waals surface area contributed by atoms with Gasteiger partial charge >= 0.3 is 0 Å². The van der Waals surface area contributed by atoms with Crippen molar-refractivity contribution in [2.45, 2.75) is 38.6 Å². The van der Waals surface area contributed by atoms with Crippen molar-refractivity contribution in [2.24, 2.45) is 5.73 Å². The molecule has 0 saturated heterocycles. The lowest BCUT2D eigenvalue weighted by atomic mass is 9.86. The molecule has 2 N–H and O–H groups in total. The molecule has 112 valence electrons. The molecule has 0 aliphatic carbocycles. The van der Waals surface area contributed by atoms with Crippen LogP contribution in [0.25, 0.3) is 0 Å². The molecule has 2 nitrogen and oxygen atoms in total. The van der Waals surface area contributed by atoms with Crippen LogP contribution in [0.2, 0.25) is 0 Å². The highest BCUT2D eigenvalue weighted by Crippen LogP contribution is 2.24. The van der Waals surface area contributed by atoms with Crippen molar-refractivity contribution < 1.29 is 4.74 Å². The second kappa shape index (κ2) is 6.31. The monoisotopic (exact) mass is 283 g/mol. The van der Waals surface area contributed by atoms with Gasteiger partial charge in [-0.1, -0.05) is 57.2 Å². The molecule has 2 heteroatoms. The molecule has 0 spiro atoms. The molecule has 0 aromatic heterocycles. The highest BCUT2D eigenvalue weighted by Gasteiger charge is 2.13. The topological polar surface area (TPSA) is 35.2 Å². The number of benzene rings is 2. The molecule has 0 heterocycles. The van der Waals surface area contributed by atoms with E-state index in [1.165, 1.54) is 11.1 Å². The number of methoxy groups -OCH3 is 1. The summed E-state index contributed by atoms with van der Waals surface area (Å²) in [6.07, 6.45) is 0.844. The number of ether oxygens (including phenoxy) is 1. The summed E-state index contributed by atoms with van der Waals surface area (Å²) in [5.41, 5.74) is 10.2. The Hall–Kier alpha value is -1.80. The molecule has 0 fully saturated rings. The molecule has 0 bridgehead atoms. The first-order valence-electron chi connectivity index (χ1n) is 7.39. The van der Waals surface area contributed by atoms with E-state index in [2.05, 4.69) is 45.0 Å². The van der Waals surface area contributed by atoms with E-state index in [9.17, 15) is 0 Å². The Morgan fingerprint density at radius 2 is 1.52 bits per heavy atom. The minimum absolute atomic E-state index is 0.0105. The smallest absolute Gasteiger partial charge is 0.118 e. The summed E-state index contributed by atoms with van der Waals surface area (Å²) in [5.74, 6) is 0.862. The maximum atomic E-state index is 6.30. The van der Waals surface area contributed by atoms with Crippen molar-refractivity contribution in [3.8, 4) is 5.75 Å². The Labute approximate surface area is 127 Å². The zero-order valence-corrected chi connectivity index (χ0v) is 13.4. The van der Waals surface area contributed by atoms with Crippen LogP contribution in [0.5, 0.6) is 5.75 Å². The first kappa shape index (κ1) is 15.6. The van der Waals surface area contributed by atoms with Gasteiger partial charge in [0, 0.05) is 6.04 Å². The van der Waals surface area contributed by atoms with Gasteiger partial charge in [0.15, 0.2) is 0 Å². The van der Waals surface area contributed by atoms with E-state index >= 15 is 0 Å². The van der Waals surface area contributed by atoms with Crippen LogP contribution in [0, 0.1) is 0 Å². The first-order valence-corrected chi connectivity index (χ1v) is 7.39. The van der Waals surface area contributed by atoms with E-state index in [1.807, 2.05) is 24.3 Å². The van der Waals surface area contributed by atoms with Gasteiger partial charge in [0.2, 0.25) is 0 Å². The van der Waals surface area contributed by atoms with Crippen molar-refractivity contribution in [1.29, 1.82) is 0 Å². The van der Waals surface area contributed by atoms with Gasteiger partial charge in [-0.05, 0) is 40.7 Å². The van der Waals surface area contributed by atoms with E-state index in [0.717, 1.165) is 17.7 Å². The molecule has 0 amide bonds. The minimum atomic E-state index is 0.0105. The summed E-state index contributed by atoms with van der Waals surface area (Å²) in [4.78, 5) is 0. The van der Waals surface area contributed by atoms with Crippen molar-refractivity contribution in [3.63, 3.8) is 0 Å². The molecule has 0 radical (unpaired) electrons. The van der Waals surface area contributed by atoms with Gasteiger partial charge in [-0.2, -0.15) is 0 Å². The maximum absolute atomic E-state index is 6.30. The summed E-state index contributed by atoms with van der Waals surface area (Å²) in [5, 5.41) is 0. The van der Waals surface area contributed by atoms with Crippen LogP contribution in [0.1, 0.15) is 43.5 Å². The fraction of sp³-hybridized carbons (Fsp3) is 0.368. The molecular weight excluding hydrogens is 258 g/mol. The van der Waals surface area contributed by atoms with E-state index in [0.29, 0.717) is 0 Å². The zero-order chi connectivity index (χ0) is 15.5. The molecule has 2 rings (SSSR count). The standard InChI is InChI=1S/C19H25NO/c1-19(2,3)16-9-5-14(6-10-16)13-18(20)15-7-11-17(21-4)12-8-15/h5-12,18H,13,20H2,1-4H3. The molecular formula is C19H25NO. The number of hydrogen-bond acceptors (Lipinski definition) is 2. The van der Waals surface area contributed by atoms with E-state index in [-0.39, 0.29) is 11.5 Å². The van der Waals surface area contributed by atoms with Gasteiger partial charge in [-0.15, -0.1) is 0 Å².